The summed E-state index contributed by atoms with van der Waals surface area (Å²) in [6, 6.07) is 5.27. The van der Waals surface area contributed by atoms with Crippen molar-refractivity contribution in [3.63, 3.8) is 0 Å². The van der Waals surface area contributed by atoms with Crippen LogP contribution in [0.1, 0.15) is 24.3 Å². The first-order valence-corrected chi connectivity index (χ1v) is 10.7. The average molecular weight is 518 g/mol. The van der Waals surface area contributed by atoms with Crippen LogP contribution in [0.25, 0.3) is 0 Å². The number of ether oxygens (including phenoxy) is 1. The van der Waals surface area contributed by atoms with Crippen molar-refractivity contribution in [3.05, 3.63) is 40.8 Å². The van der Waals surface area contributed by atoms with E-state index in [1.807, 2.05) is 12.1 Å². The van der Waals surface area contributed by atoms with Gasteiger partial charge in [-0.25, -0.2) is 12.5 Å². The molecule has 28 heavy (non-hydrogen) atoms. The van der Waals surface area contributed by atoms with Gasteiger partial charge in [0.2, 0.25) is 5.95 Å². The fourth-order valence-corrected chi connectivity index (χ4v) is 4.13. The topological polar surface area (TPSA) is 62.3 Å². The zero-order valence-electron chi connectivity index (χ0n) is 15.3. The summed E-state index contributed by atoms with van der Waals surface area (Å²) in [5.74, 6) is 1.51. The highest BCUT2D eigenvalue weighted by molar-refractivity contribution is 14.1. The minimum atomic E-state index is -0.186. The number of hydrogen-bond acceptors (Lipinski definition) is 6. The van der Waals surface area contributed by atoms with Crippen molar-refractivity contribution in [2.45, 2.75) is 18.8 Å². The third kappa shape index (κ3) is 4.84. The first-order chi connectivity index (χ1) is 13.6. The van der Waals surface area contributed by atoms with E-state index in [1.54, 1.807) is 6.20 Å². The minimum Gasteiger partial charge on any atom is -0.381 e. The summed E-state index contributed by atoms with van der Waals surface area (Å²) >= 11 is 8.50. The fraction of sp³-hybridized carbons (Fsp3) is 0.474. The van der Waals surface area contributed by atoms with Crippen LogP contribution < -0.4 is 10.6 Å². The van der Waals surface area contributed by atoms with Crippen LogP contribution in [0.3, 0.4) is 0 Å². The lowest BCUT2D eigenvalue weighted by Gasteiger charge is -2.28. The Morgan fingerprint density at radius 1 is 1.29 bits per heavy atom. The minimum absolute atomic E-state index is 0.186. The summed E-state index contributed by atoms with van der Waals surface area (Å²) in [5, 5.41) is 6.75. The predicted octanol–water partition coefficient (Wildman–Crippen LogP) is 4.60. The van der Waals surface area contributed by atoms with Gasteiger partial charge in [0, 0.05) is 54.1 Å². The molecule has 0 radical (unpaired) electrons. The Morgan fingerprint density at radius 3 is 2.75 bits per heavy atom. The molecular weight excluding hydrogens is 496 g/mol. The molecular formula is C19H22ClFIN5O. The number of anilines is 3. The number of halogens is 3. The van der Waals surface area contributed by atoms with Crippen molar-refractivity contribution in [2.24, 2.45) is 5.92 Å². The molecule has 0 spiro atoms. The van der Waals surface area contributed by atoms with Crippen molar-refractivity contribution < 1.29 is 9.13 Å². The lowest BCUT2D eigenvalue weighted by molar-refractivity contribution is -0.0248. The molecule has 0 aliphatic carbocycles. The Hall–Kier alpha value is -1.23. The van der Waals surface area contributed by atoms with Gasteiger partial charge in [0.25, 0.3) is 0 Å². The highest BCUT2D eigenvalue weighted by atomic mass is 127. The van der Waals surface area contributed by atoms with Crippen molar-refractivity contribution in [2.75, 3.05) is 43.5 Å². The van der Waals surface area contributed by atoms with Crippen molar-refractivity contribution >= 4 is 51.9 Å². The number of piperidine rings is 1. The number of nitrogens with zero attached hydrogens (tertiary/aromatic N) is 3. The lowest BCUT2D eigenvalue weighted by atomic mass is 9.90. The van der Waals surface area contributed by atoms with Gasteiger partial charge >= 0.3 is 0 Å². The molecule has 2 fully saturated rings. The van der Waals surface area contributed by atoms with Gasteiger partial charge in [-0.3, -0.25) is 0 Å². The maximum atomic E-state index is 14.7. The summed E-state index contributed by atoms with van der Waals surface area (Å²) in [5.41, 5.74) is 1.41. The van der Waals surface area contributed by atoms with Crippen molar-refractivity contribution in [1.82, 2.24) is 13.1 Å². The molecule has 1 aromatic carbocycles. The van der Waals surface area contributed by atoms with E-state index in [9.17, 15) is 4.39 Å². The molecule has 2 aliphatic heterocycles. The van der Waals surface area contributed by atoms with Crippen LogP contribution in [-0.4, -0.2) is 45.9 Å². The van der Waals surface area contributed by atoms with Crippen molar-refractivity contribution in [1.29, 1.82) is 0 Å². The van der Waals surface area contributed by atoms with E-state index in [0.29, 0.717) is 28.4 Å². The van der Waals surface area contributed by atoms with E-state index >= 15 is 0 Å². The monoisotopic (exact) mass is 517 g/mol. The van der Waals surface area contributed by atoms with Gasteiger partial charge < -0.3 is 15.4 Å². The normalized spacial score (nSPS) is 18.7. The van der Waals surface area contributed by atoms with E-state index in [0.717, 1.165) is 51.3 Å². The zero-order valence-corrected chi connectivity index (χ0v) is 18.2. The zero-order chi connectivity index (χ0) is 19.5. The number of rotatable bonds is 6. The molecule has 0 atom stereocenters. The number of hydrogen-bond donors (Lipinski definition) is 2. The van der Waals surface area contributed by atoms with Crippen LogP contribution in [0.2, 0.25) is 5.02 Å². The van der Waals surface area contributed by atoms with Crippen LogP contribution >= 0.6 is 34.5 Å². The third-order valence-electron chi connectivity index (χ3n) is 5.15. The van der Waals surface area contributed by atoms with Crippen LogP contribution in [0.5, 0.6) is 0 Å². The molecule has 9 heteroatoms. The number of nitrogens with one attached hydrogen (secondary N) is 2. The standard InChI is InChI=1S/C19H22ClFIN5O/c20-16-9-24-19(26-18(16)23-8-12-10-28-11-12)25-14-1-2-15(17(21)7-14)13-3-5-27(22)6-4-13/h1-2,7,9,12-13H,3-6,8,10-11H2,(H2,23,24,25,26). The van der Waals surface area contributed by atoms with E-state index < -0.39 is 0 Å². The molecule has 0 unspecified atom stereocenters. The maximum absolute atomic E-state index is 14.7. The first-order valence-electron chi connectivity index (χ1n) is 9.40. The summed E-state index contributed by atoms with van der Waals surface area (Å²) in [4.78, 5) is 8.61. The van der Waals surface area contributed by atoms with Gasteiger partial charge in [0.1, 0.15) is 10.8 Å². The van der Waals surface area contributed by atoms with Gasteiger partial charge in [-0.2, -0.15) is 4.98 Å². The second-order valence-electron chi connectivity index (χ2n) is 7.22. The molecule has 2 aliphatic rings. The van der Waals surface area contributed by atoms with Crippen LogP contribution in [0.4, 0.5) is 21.8 Å². The summed E-state index contributed by atoms with van der Waals surface area (Å²) in [6.07, 6.45) is 3.50. The second-order valence-corrected chi connectivity index (χ2v) is 8.99. The van der Waals surface area contributed by atoms with Gasteiger partial charge in [-0.1, -0.05) is 17.7 Å². The Labute approximate surface area is 182 Å². The molecule has 0 bridgehead atoms. The van der Waals surface area contributed by atoms with E-state index in [1.165, 1.54) is 6.07 Å². The smallest absolute Gasteiger partial charge is 0.229 e. The van der Waals surface area contributed by atoms with E-state index in [4.69, 9.17) is 16.3 Å². The number of benzene rings is 1. The Balaban J connectivity index is 1.42. The molecule has 3 heterocycles. The summed E-state index contributed by atoms with van der Waals surface area (Å²) in [7, 11) is 0. The molecule has 2 N–H and O–H groups in total. The maximum Gasteiger partial charge on any atom is 0.229 e. The summed E-state index contributed by atoms with van der Waals surface area (Å²) < 4.78 is 22.1. The molecule has 150 valence electrons. The molecule has 6 nitrogen and oxygen atoms in total. The number of aromatic nitrogens is 2. The Kier molecular flexibility index (Phi) is 6.49. The Bertz CT molecular complexity index is 830. The van der Waals surface area contributed by atoms with E-state index in [2.05, 4.69) is 46.6 Å². The SMILES string of the molecule is Fc1cc(Nc2ncc(Cl)c(NCC3COC3)n2)ccc1C1CCN(I)CC1. The predicted molar refractivity (Wildman–Crippen MR) is 117 cm³/mol. The molecule has 2 saturated heterocycles. The first kappa shape index (κ1) is 20.1. The van der Waals surface area contributed by atoms with Crippen LogP contribution in [-0.2, 0) is 4.74 Å². The van der Waals surface area contributed by atoms with E-state index in [-0.39, 0.29) is 11.7 Å². The molecule has 4 rings (SSSR count). The second kappa shape index (κ2) is 9.06. The molecule has 2 aromatic rings. The largest absolute Gasteiger partial charge is 0.381 e. The highest BCUT2D eigenvalue weighted by Gasteiger charge is 2.22. The van der Waals surface area contributed by atoms with Gasteiger partial charge in [-0.15, -0.1) is 0 Å². The Morgan fingerprint density at radius 2 is 2.07 bits per heavy atom. The van der Waals surface area contributed by atoms with Crippen LogP contribution in [0.15, 0.2) is 24.4 Å². The summed E-state index contributed by atoms with van der Waals surface area (Å²) in [6.45, 7) is 4.24. The highest BCUT2D eigenvalue weighted by Crippen LogP contribution is 2.32. The average Bonchev–Trinajstić information content (AvgIpc) is 2.64. The lowest BCUT2D eigenvalue weighted by Crippen LogP contribution is -2.33. The van der Waals surface area contributed by atoms with Gasteiger partial charge in [-0.05, 0) is 36.5 Å². The van der Waals surface area contributed by atoms with Crippen LogP contribution in [0, 0.1) is 11.7 Å². The van der Waals surface area contributed by atoms with Crippen molar-refractivity contribution in [3.8, 4) is 0 Å². The molecule has 0 saturated carbocycles. The third-order valence-corrected chi connectivity index (χ3v) is 6.39. The fourth-order valence-electron chi connectivity index (χ4n) is 3.42. The molecule has 1 aromatic heterocycles. The van der Waals surface area contributed by atoms with Gasteiger partial charge in [0.05, 0.1) is 19.4 Å². The molecule has 0 amide bonds. The quantitative estimate of drug-likeness (QED) is 0.431. The van der Waals surface area contributed by atoms with Gasteiger partial charge in [0.15, 0.2) is 5.82 Å².